The molecule has 102 valence electrons. The maximum atomic E-state index is 12.3. The van der Waals surface area contributed by atoms with Gasteiger partial charge in [-0.1, -0.05) is 0 Å². The monoisotopic (exact) mass is 270 g/mol. The smallest absolute Gasteiger partial charge is 0.351 e. The molecule has 0 aliphatic rings. The Bertz CT molecular complexity index is 460. The molecule has 0 atom stereocenters. The summed E-state index contributed by atoms with van der Waals surface area (Å²) in [5.74, 6) is 1.98. The molecule has 1 rings (SSSR count). The third kappa shape index (κ3) is 5.00. The van der Waals surface area contributed by atoms with Gasteiger partial charge in [0.2, 0.25) is 0 Å². The third-order valence-corrected chi connectivity index (χ3v) is 2.36. The lowest BCUT2D eigenvalue weighted by molar-refractivity contribution is -0.137. The van der Waals surface area contributed by atoms with Gasteiger partial charge in [0.15, 0.2) is 0 Å². The van der Waals surface area contributed by atoms with Crippen LogP contribution in [0.15, 0.2) is 18.3 Å². The van der Waals surface area contributed by atoms with Crippen molar-refractivity contribution in [1.29, 1.82) is 0 Å². The van der Waals surface area contributed by atoms with Crippen LogP contribution in [-0.2, 0) is 6.18 Å². The summed E-state index contributed by atoms with van der Waals surface area (Å²) in [5, 5.41) is 2.56. The van der Waals surface area contributed by atoms with E-state index in [-0.39, 0.29) is 5.69 Å². The van der Waals surface area contributed by atoms with Gasteiger partial charge in [-0.25, -0.2) is 0 Å². The van der Waals surface area contributed by atoms with Crippen LogP contribution >= 0.6 is 0 Å². The zero-order valence-electron chi connectivity index (χ0n) is 10.1. The quantitative estimate of drug-likeness (QED) is 0.660. The molecule has 19 heavy (non-hydrogen) atoms. The van der Waals surface area contributed by atoms with Gasteiger partial charge in [-0.15, -0.1) is 12.3 Å². The standard InChI is InChI=1S/C13H13F3N2O/c1-2-3-4-5-8-17-12(19)11-7-6-10(9-18-11)13(14,15)16/h1,6-7,9H,3-5,8H2,(H,17,19). The minimum Gasteiger partial charge on any atom is -0.351 e. The van der Waals surface area contributed by atoms with Crippen LogP contribution < -0.4 is 5.32 Å². The fourth-order valence-corrected chi connectivity index (χ4v) is 1.34. The maximum Gasteiger partial charge on any atom is 0.417 e. The second-order valence-electron chi connectivity index (χ2n) is 3.85. The van der Waals surface area contributed by atoms with Gasteiger partial charge in [-0.2, -0.15) is 13.2 Å². The van der Waals surface area contributed by atoms with Crippen LogP contribution in [0.4, 0.5) is 13.2 Å². The average Bonchev–Trinajstić information content (AvgIpc) is 2.37. The minimum atomic E-state index is -4.45. The van der Waals surface area contributed by atoms with Crippen LogP contribution in [0.3, 0.4) is 0 Å². The molecule has 0 saturated carbocycles. The largest absolute Gasteiger partial charge is 0.417 e. The van der Waals surface area contributed by atoms with Crippen LogP contribution in [0.25, 0.3) is 0 Å². The summed E-state index contributed by atoms with van der Waals surface area (Å²) in [7, 11) is 0. The van der Waals surface area contributed by atoms with Crippen molar-refractivity contribution in [1.82, 2.24) is 10.3 Å². The van der Waals surface area contributed by atoms with Crippen LogP contribution in [0.1, 0.15) is 35.3 Å². The zero-order valence-corrected chi connectivity index (χ0v) is 10.1. The highest BCUT2D eigenvalue weighted by atomic mass is 19.4. The number of carbonyl (C=O) groups is 1. The Morgan fingerprint density at radius 1 is 1.37 bits per heavy atom. The van der Waals surface area contributed by atoms with E-state index in [9.17, 15) is 18.0 Å². The highest BCUT2D eigenvalue weighted by molar-refractivity contribution is 5.92. The number of halogens is 3. The molecule has 0 aromatic carbocycles. The van der Waals surface area contributed by atoms with E-state index in [2.05, 4.69) is 16.2 Å². The Kier molecular flexibility index (Phi) is 5.37. The first kappa shape index (κ1) is 15.0. The lowest BCUT2D eigenvalue weighted by atomic mass is 10.2. The molecule has 0 bridgehead atoms. The molecule has 1 N–H and O–H groups in total. The molecule has 0 aliphatic heterocycles. The van der Waals surface area contributed by atoms with E-state index in [1.165, 1.54) is 0 Å². The molecule has 0 spiro atoms. The first-order valence-electron chi connectivity index (χ1n) is 5.70. The fourth-order valence-electron chi connectivity index (χ4n) is 1.34. The van der Waals surface area contributed by atoms with Gasteiger partial charge in [0.05, 0.1) is 5.56 Å². The molecule has 0 radical (unpaired) electrons. The minimum absolute atomic E-state index is 0.0371. The van der Waals surface area contributed by atoms with Gasteiger partial charge >= 0.3 is 6.18 Å². The van der Waals surface area contributed by atoms with Gasteiger partial charge in [0, 0.05) is 19.2 Å². The number of aromatic nitrogens is 1. The van der Waals surface area contributed by atoms with Gasteiger partial charge in [-0.05, 0) is 25.0 Å². The van der Waals surface area contributed by atoms with Gasteiger partial charge in [0.1, 0.15) is 5.69 Å². The number of amides is 1. The number of hydrogen-bond acceptors (Lipinski definition) is 2. The van der Waals surface area contributed by atoms with Gasteiger partial charge < -0.3 is 5.32 Å². The van der Waals surface area contributed by atoms with E-state index in [0.717, 1.165) is 25.0 Å². The van der Waals surface area contributed by atoms with Crippen molar-refractivity contribution in [3.63, 3.8) is 0 Å². The van der Waals surface area contributed by atoms with Crippen LogP contribution in [0.2, 0.25) is 0 Å². The number of nitrogens with one attached hydrogen (secondary N) is 1. The lowest BCUT2D eigenvalue weighted by Crippen LogP contribution is -2.25. The van der Waals surface area contributed by atoms with Crippen molar-refractivity contribution in [3.8, 4) is 12.3 Å². The van der Waals surface area contributed by atoms with E-state index in [1.807, 2.05) is 0 Å². The Labute approximate surface area is 109 Å². The van der Waals surface area contributed by atoms with Crippen LogP contribution in [-0.4, -0.2) is 17.4 Å². The molecule has 3 nitrogen and oxygen atoms in total. The van der Waals surface area contributed by atoms with Crippen molar-refractivity contribution >= 4 is 5.91 Å². The molecule has 0 saturated heterocycles. The van der Waals surface area contributed by atoms with E-state index < -0.39 is 17.6 Å². The number of alkyl halides is 3. The summed E-state index contributed by atoms with van der Waals surface area (Å²) >= 11 is 0. The second kappa shape index (κ2) is 6.78. The number of rotatable bonds is 5. The summed E-state index contributed by atoms with van der Waals surface area (Å²) < 4.78 is 36.9. The number of pyridine rings is 1. The summed E-state index contributed by atoms with van der Waals surface area (Å²) in [6, 6.07) is 1.89. The molecular formula is C13H13F3N2O. The summed E-state index contributed by atoms with van der Waals surface area (Å²) in [6.07, 6.45) is 3.41. The van der Waals surface area contributed by atoms with Crippen molar-refractivity contribution in [2.45, 2.75) is 25.4 Å². The zero-order chi connectivity index (χ0) is 14.3. The summed E-state index contributed by atoms with van der Waals surface area (Å²) in [4.78, 5) is 15.0. The SMILES string of the molecule is C#CCCCCNC(=O)c1ccc(C(F)(F)F)cn1. The van der Waals surface area contributed by atoms with E-state index in [0.29, 0.717) is 19.2 Å². The molecule has 1 aromatic rings. The molecule has 1 aromatic heterocycles. The lowest BCUT2D eigenvalue weighted by Gasteiger charge is -2.07. The summed E-state index contributed by atoms with van der Waals surface area (Å²) in [5.41, 5.74) is -0.914. The molecular weight excluding hydrogens is 257 g/mol. The third-order valence-electron chi connectivity index (χ3n) is 2.36. The van der Waals surface area contributed by atoms with Crippen LogP contribution in [0, 0.1) is 12.3 Å². The first-order valence-corrected chi connectivity index (χ1v) is 5.70. The Hall–Kier alpha value is -2.03. The van der Waals surface area contributed by atoms with E-state index >= 15 is 0 Å². The number of nitrogens with zero attached hydrogens (tertiary/aromatic N) is 1. The molecule has 0 unspecified atom stereocenters. The predicted molar refractivity (Wildman–Crippen MR) is 64.3 cm³/mol. The second-order valence-corrected chi connectivity index (χ2v) is 3.85. The fraction of sp³-hybridized carbons (Fsp3) is 0.385. The van der Waals surface area contributed by atoms with Gasteiger partial charge in [0.25, 0.3) is 5.91 Å². The van der Waals surface area contributed by atoms with E-state index in [1.54, 1.807) is 0 Å². The summed E-state index contributed by atoms with van der Waals surface area (Å²) in [6.45, 7) is 0.420. The average molecular weight is 270 g/mol. The predicted octanol–water partition coefficient (Wildman–Crippen LogP) is 2.63. The van der Waals surface area contributed by atoms with Crippen molar-refractivity contribution in [2.24, 2.45) is 0 Å². The molecule has 6 heteroatoms. The highest BCUT2D eigenvalue weighted by Crippen LogP contribution is 2.28. The van der Waals surface area contributed by atoms with E-state index in [4.69, 9.17) is 6.42 Å². The number of unbranched alkanes of at least 4 members (excludes halogenated alkanes) is 2. The first-order chi connectivity index (χ1) is 8.95. The molecule has 1 amide bonds. The maximum absolute atomic E-state index is 12.3. The van der Waals surface area contributed by atoms with Crippen molar-refractivity contribution in [3.05, 3.63) is 29.6 Å². The Balaban J connectivity index is 2.48. The highest BCUT2D eigenvalue weighted by Gasteiger charge is 2.30. The molecule has 0 aliphatic carbocycles. The molecule has 0 fully saturated rings. The molecule has 1 heterocycles. The number of carbonyl (C=O) groups excluding carboxylic acids is 1. The topological polar surface area (TPSA) is 42.0 Å². The van der Waals surface area contributed by atoms with Crippen molar-refractivity contribution in [2.75, 3.05) is 6.54 Å². The Morgan fingerprint density at radius 3 is 2.63 bits per heavy atom. The number of terminal acetylenes is 1. The van der Waals surface area contributed by atoms with Gasteiger partial charge in [-0.3, -0.25) is 9.78 Å². The van der Waals surface area contributed by atoms with Crippen molar-refractivity contribution < 1.29 is 18.0 Å². The number of hydrogen-bond donors (Lipinski definition) is 1. The normalized spacial score (nSPS) is 10.8. The Morgan fingerprint density at radius 2 is 2.11 bits per heavy atom. The van der Waals surface area contributed by atoms with Crippen LogP contribution in [0.5, 0.6) is 0 Å².